The number of hydrazone groups is 1. The molecule has 1 aromatic heterocycles. The molecule has 1 aliphatic rings. The zero-order chi connectivity index (χ0) is 20.1. The van der Waals surface area contributed by atoms with Crippen molar-refractivity contribution in [2.24, 2.45) is 5.10 Å². The Labute approximate surface area is 162 Å². The Morgan fingerprint density at radius 3 is 2.68 bits per heavy atom. The van der Waals surface area contributed by atoms with Gasteiger partial charge in [-0.25, -0.2) is 8.42 Å². The smallest absolute Gasteiger partial charge is 0.270 e. The van der Waals surface area contributed by atoms with Gasteiger partial charge in [-0.05, 0) is 25.1 Å². The van der Waals surface area contributed by atoms with Crippen LogP contribution in [0.4, 0.5) is 11.4 Å². The van der Waals surface area contributed by atoms with Crippen molar-refractivity contribution in [3.05, 3.63) is 58.4 Å². The van der Waals surface area contributed by atoms with E-state index in [1.54, 1.807) is 25.3 Å². The molecule has 2 aromatic rings. The van der Waals surface area contributed by atoms with Gasteiger partial charge in [0.25, 0.3) is 5.69 Å². The van der Waals surface area contributed by atoms with E-state index < -0.39 is 14.9 Å². The molecule has 0 unspecified atom stereocenters. The van der Waals surface area contributed by atoms with E-state index in [0.29, 0.717) is 11.4 Å². The average Bonchev–Trinajstić information content (AvgIpc) is 2.73. The van der Waals surface area contributed by atoms with Crippen molar-refractivity contribution in [2.45, 2.75) is 11.8 Å². The second-order valence-electron chi connectivity index (χ2n) is 5.98. The number of hydrogen-bond donors (Lipinski definition) is 1. The molecule has 0 amide bonds. The predicted octanol–water partition coefficient (Wildman–Crippen LogP) is 1.85. The molecule has 0 saturated carbocycles. The van der Waals surface area contributed by atoms with Crippen LogP contribution < -0.4 is 5.43 Å². The number of nitrogens with zero attached hydrogens (tertiary/aromatic N) is 4. The molecule has 3 rings (SSSR count). The molecule has 11 heteroatoms. The predicted molar refractivity (Wildman–Crippen MR) is 103 cm³/mol. The van der Waals surface area contributed by atoms with Crippen molar-refractivity contribution in [2.75, 3.05) is 31.7 Å². The zero-order valence-corrected chi connectivity index (χ0v) is 15.9. The van der Waals surface area contributed by atoms with Crippen molar-refractivity contribution in [3.8, 4) is 0 Å². The molecule has 0 atom stereocenters. The fraction of sp³-hybridized carbons (Fsp3) is 0.294. The number of morpholine rings is 1. The molecule has 0 bridgehead atoms. The number of ether oxygens (including phenoxy) is 1. The third kappa shape index (κ3) is 4.32. The lowest BCUT2D eigenvalue weighted by Crippen LogP contribution is -2.40. The first-order valence-electron chi connectivity index (χ1n) is 8.47. The number of nitro benzene ring substituents is 1. The Bertz CT molecular complexity index is 988. The molecule has 0 spiro atoms. The average molecular weight is 405 g/mol. The van der Waals surface area contributed by atoms with Crippen LogP contribution in [0, 0.1) is 10.1 Å². The van der Waals surface area contributed by atoms with E-state index in [1.165, 1.54) is 16.4 Å². The van der Waals surface area contributed by atoms with E-state index in [9.17, 15) is 18.5 Å². The maximum Gasteiger partial charge on any atom is 0.270 e. The molecule has 1 aromatic carbocycles. The van der Waals surface area contributed by atoms with Gasteiger partial charge in [0, 0.05) is 31.4 Å². The molecule has 1 aliphatic heterocycles. The van der Waals surface area contributed by atoms with E-state index in [4.69, 9.17) is 4.74 Å². The summed E-state index contributed by atoms with van der Waals surface area (Å²) in [7, 11) is -3.96. The third-order valence-electron chi connectivity index (χ3n) is 4.14. The standard InChI is InChI=1S/C17H19N5O5S/c1-13(15-4-2-3-7-18-15)19-20-16-6-5-14(22(23)24)12-17(16)28(25,26)21-8-10-27-11-9-21/h2-7,12,20H,8-11H2,1H3/b19-13-. The Morgan fingerprint density at radius 2 is 2.04 bits per heavy atom. The lowest BCUT2D eigenvalue weighted by molar-refractivity contribution is -0.385. The quantitative estimate of drug-likeness (QED) is 0.441. The van der Waals surface area contributed by atoms with E-state index in [2.05, 4.69) is 15.5 Å². The van der Waals surface area contributed by atoms with Crippen LogP contribution in [0.1, 0.15) is 12.6 Å². The lowest BCUT2D eigenvalue weighted by Gasteiger charge is -2.26. The van der Waals surface area contributed by atoms with Crippen molar-refractivity contribution in [1.29, 1.82) is 0 Å². The molecule has 2 heterocycles. The largest absolute Gasteiger partial charge is 0.379 e. The summed E-state index contributed by atoms with van der Waals surface area (Å²) in [6.07, 6.45) is 1.62. The van der Waals surface area contributed by atoms with Crippen molar-refractivity contribution in [1.82, 2.24) is 9.29 Å². The maximum absolute atomic E-state index is 13.0. The first-order chi connectivity index (χ1) is 13.4. The van der Waals surface area contributed by atoms with Gasteiger partial charge in [-0.15, -0.1) is 0 Å². The van der Waals surface area contributed by atoms with Crippen LogP contribution in [0.15, 0.2) is 52.6 Å². The highest BCUT2D eigenvalue weighted by Gasteiger charge is 2.30. The van der Waals surface area contributed by atoms with Crippen LogP contribution in [-0.2, 0) is 14.8 Å². The highest BCUT2D eigenvalue weighted by molar-refractivity contribution is 7.89. The summed E-state index contributed by atoms with van der Waals surface area (Å²) in [6, 6.07) is 8.95. The van der Waals surface area contributed by atoms with E-state index in [0.717, 1.165) is 6.07 Å². The number of aromatic nitrogens is 1. The van der Waals surface area contributed by atoms with Crippen LogP contribution >= 0.6 is 0 Å². The monoisotopic (exact) mass is 405 g/mol. The first-order valence-corrected chi connectivity index (χ1v) is 9.91. The minimum absolute atomic E-state index is 0.146. The van der Waals surface area contributed by atoms with Crippen molar-refractivity contribution in [3.63, 3.8) is 0 Å². The molecular formula is C17H19N5O5S. The maximum atomic E-state index is 13.0. The Morgan fingerprint density at radius 1 is 1.29 bits per heavy atom. The van der Waals surface area contributed by atoms with E-state index >= 15 is 0 Å². The van der Waals surface area contributed by atoms with Crippen LogP contribution in [0.25, 0.3) is 0 Å². The molecule has 1 fully saturated rings. The van der Waals surface area contributed by atoms with Crippen LogP contribution in [0.3, 0.4) is 0 Å². The van der Waals surface area contributed by atoms with Gasteiger partial charge >= 0.3 is 0 Å². The molecule has 10 nitrogen and oxygen atoms in total. The fourth-order valence-electron chi connectivity index (χ4n) is 2.63. The topological polar surface area (TPSA) is 127 Å². The molecule has 1 saturated heterocycles. The molecule has 28 heavy (non-hydrogen) atoms. The van der Waals surface area contributed by atoms with Gasteiger partial charge in [0.05, 0.1) is 35.2 Å². The fourth-order valence-corrected chi connectivity index (χ4v) is 4.20. The number of hydrogen-bond acceptors (Lipinski definition) is 8. The second kappa shape index (κ2) is 8.42. The summed E-state index contributed by atoms with van der Waals surface area (Å²) in [5.74, 6) is 0. The summed E-state index contributed by atoms with van der Waals surface area (Å²) in [4.78, 5) is 14.5. The number of sulfonamides is 1. The Hall–Kier alpha value is -2.89. The Kier molecular flexibility index (Phi) is 5.97. The minimum atomic E-state index is -3.96. The molecule has 148 valence electrons. The summed E-state index contributed by atoms with van der Waals surface area (Å²) < 4.78 is 32.5. The number of non-ortho nitro benzene ring substituents is 1. The third-order valence-corrected chi connectivity index (χ3v) is 6.08. The van der Waals surface area contributed by atoms with Crippen LogP contribution in [0.5, 0.6) is 0 Å². The van der Waals surface area contributed by atoms with Gasteiger partial charge in [-0.2, -0.15) is 9.41 Å². The summed E-state index contributed by atoms with van der Waals surface area (Å²) in [5, 5.41) is 15.3. The molecular weight excluding hydrogens is 386 g/mol. The van der Waals surface area contributed by atoms with Crippen LogP contribution in [0.2, 0.25) is 0 Å². The minimum Gasteiger partial charge on any atom is -0.379 e. The summed E-state index contributed by atoms with van der Waals surface area (Å²) >= 11 is 0. The van der Waals surface area contributed by atoms with Crippen molar-refractivity contribution >= 4 is 27.1 Å². The highest BCUT2D eigenvalue weighted by atomic mass is 32.2. The lowest BCUT2D eigenvalue weighted by atomic mass is 10.2. The van der Waals surface area contributed by atoms with Gasteiger partial charge in [-0.1, -0.05) is 6.07 Å². The van der Waals surface area contributed by atoms with E-state index in [1.807, 2.05) is 6.07 Å². The number of pyridine rings is 1. The highest BCUT2D eigenvalue weighted by Crippen LogP contribution is 2.29. The van der Waals surface area contributed by atoms with Gasteiger partial charge in [-0.3, -0.25) is 20.5 Å². The van der Waals surface area contributed by atoms with E-state index in [-0.39, 0.29) is 42.6 Å². The number of nitro groups is 1. The van der Waals surface area contributed by atoms with Crippen LogP contribution in [-0.4, -0.2) is 54.6 Å². The molecule has 0 radical (unpaired) electrons. The zero-order valence-electron chi connectivity index (χ0n) is 15.1. The Balaban J connectivity index is 1.98. The number of benzene rings is 1. The number of anilines is 1. The molecule has 1 N–H and O–H groups in total. The second-order valence-corrected chi connectivity index (χ2v) is 7.88. The first kappa shape index (κ1) is 19.9. The van der Waals surface area contributed by atoms with Gasteiger partial charge < -0.3 is 4.74 Å². The van der Waals surface area contributed by atoms with Gasteiger partial charge in [0.2, 0.25) is 10.0 Å². The summed E-state index contributed by atoms with van der Waals surface area (Å²) in [6.45, 7) is 2.62. The number of rotatable bonds is 6. The molecule has 0 aliphatic carbocycles. The SMILES string of the molecule is C/C(=N/Nc1ccc([N+](=O)[O-])cc1S(=O)(=O)N1CCOCC1)c1ccccn1. The summed E-state index contributed by atoms with van der Waals surface area (Å²) in [5.41, 5.74) is 3.70. The van der Waals surface area contributed by atoms with Gasteiger partial charge in [0.1, 0.15) is 4.90 Å². The van der Waals surface area contributed by atoms with Crippen molar-refractivity contribution < 1.29 is 18.1 Å². The number of nitrogens with one attached hydrogen (secondary N) is 1. The normalized spacial score (nSPS) is 16.0. The van der Waals surface area contributed by atoms with Gasteiger partial charge in [0.15, 0.2) is 0 Å².